The van der Waals surface area contributed by atoms with Crippen LogP contribution in [0, 0.1) is 5.92 Å². The minimum atomic E-state index is 0.0978. The van der Waals surface area contributed by atoms with Crippen LogP contribution in [0.1, 0.15) is 30.2 Å². The first-order valence-corrected chi connectivity index (χ1v) is 6.59. The lowest BCUT2D eigenvalue weighted by Gasteiger charge is -2.24. The highest BCUT2D eigenvalue weighted by atomic mass is 35.5. The van der Waals surface area contributed by atoms with Crippen molar-refractivity contribution in [1.29, 1.82) is 0 Å². The van der Waals surface area contributed by atoms with Crippen molar-refractivity contribution in [2.75, 3.05) is 13.2 Å². The van der Waals surface area contributed by atoms with Crippen LogP contribution >= 0.6 is 22.9 Å². The number of hydrogen-bond acceptors (Lipinski definition) is 3. The number of rotatable bonds is 3. The SMILES string of the molecule is NC(CC1CCOCC1)c1sccc1Cl. The van der Waals surface area contributed by atoms with Crippen molar-refractivity contribution in [2.45, 2.75) is 25.3 Å². The van der Waals surface area contributed by atoms with Crippen molar-refractivity contribution in [3.8, 4) is 0 Å². The Morgan fingerprint density at radius 2 is 2.27 bits per heavy atom. The highest BCUT2D eigenvalue weighted by Crippen LogP contribution is 2.33. The molecule has 2 nitrogen and oxygen atoms in total. The van der Waals surface area contributed by atoms with E-state index in [2.05, 4.69) is 0 Å². The number of hydrogen-bond donors (Lipinski definition) is 1. The molecule has 0 bridgehead atoms. The minimum absolute atomic E-state index is 0.0978. The van der Waals surface area contributed by atoms with E-state index < -0.39 is 0 Å². The lowest BCUT2D eigenvalue weighted by molar-refractivity contribution is 0.0619. The fourth-order valence-electron chi connectivity index (χ4n) is 2.02. The number of thiophene rings is 1. The molecular weight excluding hydrogens is 230 g/mol. The molecule has 1 aromatic rings. The van der Waals surface area contributed by atoms with Crippen LogP contribution in [0.3, 0.4) is 0 Å². The van der Waals surface area contributed by atoms with Gasteiger partial charge in [-0.3, -0.25) is 0 Å². The van der Waals surface area contributed by atoms with Crippen molar-refractivity contribution in [3.63, 3.8) is 0 Å². The molecule has 0 saturated carbocycles. The van der Waals surface area contributed by atoms with Crippen molar-refractivity contribution in [2.24, 2.45) is 11.7 Å². The molecule has 15 heavy (non-hydrogen) atoms. The Balaban J connectivity index is 1.91. The number of ether oxygens (including phenoxy) is 1. The molecule has 0 radical (unpaired) electrons. The van der Waals surface area contributed by atoms with Gasteiger partial charge in [0.2, 0.25) is 0 Å². The average Bonchev–Trinajstić information content (AvgIpc) is 2.66. The van der Waals surface area contributed by atoms with Gasteiger partial charge in [0.15, 0.2) is 0 Å². The van der Waals surface area contributed by atoms with E-state index in [1.54, 1.807) is 11.3 Å². The molecule has 0 spiro atoms. The summed E-state index contributed by atoms with van der Waals surface area (Å²) in [5.41, 5.74) is 6.16. The maximum Gasteiger partial charge on any atom is 0.0561 e. The highest BCUT2D eigenvalue weighted by molar-refractivity contribution is 7.10. The van der Waals surface area contributed by atoms with Gasteiger partial charge in [-0.2, -0.15) is 0 Å². The standard InChI is InChI=1S/C11H16ClNOS/c12-9-3-6-15-11(9)10(13)7-8-1-4-14-5-2-8/h3,6,8,10H,1-2,4-5,7,13H2. The molecule has 2 N–H and O–H groups in total. The summed E-state index contributed by atoms with van der Waals surface area (Å²) >= 11 is 7.72. The molecule has 4 heteroatoms. The van der Waals surface area contributed by atoms with Gasteiger partial charge < -0.3 is 10.5 Å². The molecule has 1 fully saturated rings. The van der Waals surface area contributed by atoms with Crippen molar-refractivity contribution in [3.05, 3.63) is 21.3 Å². The van der Waals surface area contributed by atoms with E-state index in [0.29, 0.717) is 5.92 Å². The lowest BCUT2D eigenvalue weighted by Crippen LogP contribution is -2.21. The Bertz CT molecular complexity index is 309. The Hall–Kier alpha value is -0.0900. The first-order chi connectivity index (χ1) is 7.27. The Kier molecular flexibility index (Phi) is 4.03. The second kappa shape index (κ2) is 5.30. The zero-order chi connectivity index (χ0) is 10.7. The van der Waals surface area contributed by atoms with E-state index in [4.69, 9.17) is 22.1 Å². The van der Waals surface area contributed by atoms with E-state index in [1.807, 2.05) is 11.4 Å². The van der Waals surface area contributed by atoms with Crippen LogP contribution in [0.4, 0.5) is 0 Å². The van der Waals surface area contributed by atoms with E-state index in [9.17, 15) is 0 Å². The van der Waals surface area contributed by atoms with Gasteiger partial charge >= 0.3 is 0 Å². The van der Waals surface area contributed by atoms with Gasteiger partial charge in [0.25, 0.3) is 0 Å². The summed E-state index contributed by atoms with van der Waals surface area (Å²) in [6, 6.07) is 2.02. The lowest BCUT2D eigenvalue weighted by atomic mass is 9.92. The predicted molar refractivity (Wildman–Crippen MR) is 64.4 cm³/mol. The quantitative estimate of drug-likeness (QED) is 0.888. The maximum atomic E-state index is 6.16. The molecule has 84 valence electrons. The second-order valence-corrected chi connectivity index (χ2v) is 5.39. The summed E-state index contributed by atoms with van der Waals surface area (Å²) in [5, 5.41) is 2.82. The van der Waals surface area contributed by atoms with Crippen molar-refractivity contribution in [1.82, 2.24) is 0 Å². The van der Waals surface area contributed by atoms with Gasteiger partial charge in [-0.15, -0.1) is 11.3 Å². The van der Waals surface area contributed by atoms with Crippen LogP contribution in [0.15, 0.2) is 11.4 Å². The highest BCUT2D eigenvalue weighted by Gasteiger charge is 2.20. The van der Waals surface area contributed by atoms with Gasteiger partial charge in [-0.1, -0.05) is 11.6 Å². The van der Waals surface area contributed by atoms with E-state index >= 15 is 0 Å². The van der Waals surface area contributed by atoms with Gasteiger partial charge in [0, 0.05) is 24.1 Å². The Morgan fingerprint density at radius 3 is 2.87 bits per heavy atom. The van der Waals surface area contributed by atoms with Crippen LogP contribution in [-0.4, -0.2) is 13.2 Å². The second-order valence-electron chi connectivity index (χ2n) is 4.03. The van der Waals surface area contributed by atoms with Gasteiger partial charge in [0.1, 0.15) is 0 Å². The molecule has 0 amide bonds. The summed E-state index contributed by atoms with van der Waals surface area (Å²) in [4.78, 5) is 1.13. The van der Waals surface area contributed by atoms with Crippen molar-refractivity contribution < 1.29 is 4.74 Å². The van der Waals surface area contributed by atoms with Crippen LogP contribution < -0.4 is 5.73 Å². The molecule has 0 aromatic carbocycles. The fourth-order valence-corrected chi connectivity index (χ4v) is 3.23. The summed E-state index contributed by atoms with van der Waals surface area (Å²) < 4.78 is 5.33. The maximum absolute atomic E-state index is 6.16. The molecule has 1 aliphatic heterocycles. The normalized spacial score (nSPS) is 20.4. The third-order valence-corrected chi connectivity index (χ3v) is 4.40. The third kappa shape index (κ3) is 2.94. The van der Waals surface area contributed by atoms with Gasteiger partial charge in [-0.05, 0) is 36.6 Å². The van der Waals surface area contributed by atoms with Gasteiger partial charge in [0.05, 0.1) is 5.02 Å². The number of halogens is 1. The molecule has 2 rings (SSSR count). The van der Waals surface area contributed by atoms with Crippen LogP contribution in [-0.2, 0) is 4.74 Å². The number of nitrogens with two attached hydrogens (primary N) is 1. The fraction of sp³-hybridized carbons (Fsp3) is 0.636. The molecular formula is C11H16ClNOS. The molecule has 1 aromatic heterocycles. The van der Waals surface area contributed by atoms with E-state index in [1.165, 1.54) is 0 Å². The molecule has 1 unspecified atom stereocenters. The summed E-state index contributed by atoms with van der Waals surface area (Å²) in [6.07, 6.45) is 3.30. The van der Waals surface area contributed by atoms with Crippen molar-refractivity contribution >= 4 is 22.9 Å². The van der Waals surface area contributed by atoms with E-state index in [-0.39, 0.29) is 6.04 Å². The average molecular weight is 246 g/mol. The smallest absolute Gasteiger partial charge is 0.0561 e. The van der Waals surface area contributed by atoms with Crippen LogP contribution in [0.2, 0.25) is 5.02 Å². The Morgan fingerprint density at radius 1 is 1.53 bits per heavy atom. The molecule has 1 atom stereocenters. The van der Waals surface area contributed by atoms with Crippen LogP contribution in [0.25, 0.3) is 0 Å². The summed E-state index contributed by atoms with van der Waals surface area (Å²) in [5.74, 6) is 0.701. The topological polar surface area (TPSA) is 35.2 Å². The predicted octanol–water partition coefficient (Wildman–Crippen LogP) is 3.22. The Labute approximate surface area is 99.4 Å². The summed E-state index contributed by atoms with van der Waals surface area (Å²) in [6.45, 7) is 1.77. The summed E-state index contributed by atoms with van der Waals surface area (Å²) in [7, 11) is 0. The van der Waals surface area contributed by atoms with Gasteiger partial charge in [-0.25, -0.2) is 0 Å². The first kappa shape index (κ1) is 11.4. The third-order valence-electron chi connectivity index (χ3n) is 2.91. The molecule has 2 heterocycles. The molecule has 1 aliphatic rings. The monoisotopic (exact) mass is 245 g/mol. The zero-order valence-electron chi connectivity index (χ0n) is 8.62. The zero-order valence-corrected chi connectivity index (χ0v) is 10.2. The largest absolute Gasteiger partial charge is 0.381 e. The first-order valence-electron chi connectivity index (χ1n) is 5.33. The molecule has 1 saturated heterocycles. The minimum Gasteiger partial charge on any atom is -0.381 e. The van der Waals surface area contributed by atoms with E-state index in [0.717, 1.165) is 42.4 Å². The molecule has 0 aliphatic carbocycles. The van der Waals surface area contributed by atoms with Crippen LogP contribution in [0.5, 0.6) is 0 Å².